The van der Waals surface area contributed by atoms with Crippen LogP contribution in [0.4, 0.5) is 11.6 Å². The van der Waals surface area contributed by atoms with Crippen molar-refractivity contribution in [1.82, 2.24) is 14.9 Å². The van der Waals surface area contributed by atoms with Crippen LogP contribution in [0.2, 0.25) is 0 Å². The molecule has 0 bridgehead atoms. The van der Waals surface area contributed by atoms with Crippen molar-refractivity contribution < 1.29 is 0 Å². The van der Waals surface area contributed by atoms with Crippen molar-refractivity contribution in [1.29, 1.82) is 0 Å². The van der Waals surface area contributed by atoms with Gasteiger partial charge in [0.25, 0.3) is 0 Å². The van der Waals surface area contributed by atoms with E-state index in [0.717, 1.165) is 24.7 Å². The van der Waals surface area contributed by atoms with Gasteiger partial charge in [0.2, 0.25) is 0 Å². The molecule has 0 atom stereocenters. The third-order valence-corrected chi connectivity index (χ3v) is 2.96. The number of nitrogens with zero attached hydrogens (tertiary/aromatic N) is 3. The van der Waals surface area contributed by atoms with E-state index >= 15 is 0 Å². The first-order valence-corrected chi connectivity index (χ1v) is 5.73. The molecule has 16 heavy (non-hydrogen) atoms. The minimum absolute atomic E-state index is 0.526. The van der Waals surface area contributed by atoms with Crippen LogP contribution in [0.5, 0.6) is 0 Å². The minimum Gasteiger partial charge on any atom is -0.372 e. The van der Waals surface area contributed by atoms with Gasteiger partial charge in [-0.3, -0.25) is 4.98 Å². The maximum atomic E-state index is 4.41. The zero-order valence-electron chi connectivity index (χ0n) is 9.90. The highest BCUT2D eigenvalue weighted by Crippen LogP contribution is 2.14. The second kappa shape index (κ2) is 5.12. The Hall–Kier alpha value is -1.36. The normalized spacial score (nSPS) is 18.4. The quantitative estimate of drug-likeness (QED) is 0.798. The molecule has 5 nitrogen and oxygen atoms in total. The summed E-state index contributed by atoms with van der Waals surface area (Å²) < 4.78 is 0. The molecule has 2 N–H and O–H groups in total. The number of anilines is 2. The summed E-state index contributed by atoms with van der Waals surface area (Å²) in [6, 6.07) is 0.526. The van der Waals surface area contributed by atoms with Crippen LogP contribution in [0, 0.1) is 0 Å². The van der Waals surface area contributed by atoms with Crippen molar-refractivity contribution in [3.63, 3.8) is 0 Å². The summed E-state index contributed by atoms with van der Waals surface area (Å²) >= 11 is 0. The number of aromatic nitrogens is 2. The third kappa shape index (κ3) is 2.82. The molecule has 0 aliphatic carbocycles. The van der Waals surface area contributed by atoms with E-state index in [9.17, 15) is 0 Å². The molecular weight excluding hydrogens is 202 g/mol. The van der Waals surface area contributed by atoms with Crippen molar-refractivity contribution in [2.75, 3.05) is 37.8 Å². The number of hydrogen-bond donors (Lipinski definition) is 2. The van der Waals surface area contributed by atoms with Gasteiger partial charge in [-0.2, -0.15) is 0 Å². The van der Waals surface area contributed by atoms with E-state index in [2.05, 4.69) is 32.5 Å². The van der Waals surface area contributed by atoms with Gasteiger partial charge in [0.15, 0.2) is 0 Å². The highest BCUT2D eigenvalue weighted by Gasteiger charge is 2.16. The molecule has 88 valence electrons. The van der Waals surface area contributed by atoms with Gasteiger partial charge >= 0.3 is 0 Å². The lowest BCUT2D eigenvalue weighted by Gasteiger charge is -2.29. The summed E-state index contributed by atoms with van der Waals surface area (Å²) in [5.74, 6) is 1.67. The van der Waals surface area contributed by atoms with Gasteiger partial charge < -0.3 is 15.5 Å². The van der Waals surface area contributed by atoms with Crippen LogP contribution in [0.15, 0.2) is 12.4 Å². The lowest BCUT2D eigenvalue weighted by Crippen LogP contribution is -2.36. The zero-order chi connectivity index (χ0) is 11.4. The summed E-state index contributed by atoms with van der Waals surface area (Å²) in [5, 5.41) is 6.43. The fourth-order valence-corrected chi connectivity index (χ4v) is 1.92. The summed E-state index contributed by atoms with van der Waals surface area (Å²) in [6.07, 6.45) is 5.84. The molecule has 5 heteroatoms. The molecule has 0 amide bonds. The number of nitrogens with one attached hydrogen (secondary N) is 2. The standard InChI is InChI=1S/C11H19N5/c1-12-10-7-13-8-11(15-10)14-9-3-5-16(2)6-4-9/h7-9H,3-6H2,1-2H3,(H2,12,14,15). The first kappa shape index (κ1) is 11.1. The first-order valence-electron chi connectivity index (χ1n) is 5.73. The molecule has 1 aliphatic rings. The summed E-state index contributed by atoms with van der Waals surface area (Å²) in [4.78, 5) is 10.9. The monoisotopic (exact) mass is 221 g/mol. The van der Waals surface area contributed by atoms with Gasteiger partial charge in [0.1, 0.15) is 11.6 Å². The van der Waals surface area contributed by atoms with Gasteiger partial charge in [-0.1, -0.05) is 0 Å². The summed E-state index contributed by atoms with van der Waals surface area (Å²) in [6.45, 7) is 2.30. The summed E-state index contributed by atoms with van der Waals surface area (Å²) in [5.41, 5.74) is 0. The molecule has 2 heterocycles. The second-order valence-corrected chi connectivity index (χ2v) is 4.26. The lowest BCUT2D eigenvalue weighted by atomic mass is 10.1. The Balaban J connectivity index is 1.93. The molecule has 1 fully saturated rings. The van der Waals surface area contributed by atoms with Crippen LogP contribution < -0.4 is 10.6 Å². The molecular formula is C11H19N5. The van der Waals surface area contributed by atoms with Gasteiger partial charge in [0.05, 0.1) is 12.4 Å². The maximum absolute atomic E-state index is 4.41. The average molecular weight is 221 g/mol. The van der Waals surface area contributed by atoms with E-state index in [1.807, 2.05) is 7.05 Å². The number of rotatable bonds is 3. The topological polar surface area (TPSA) is 53.1 Å². The van der Waals surface area contributed by atoms with Crippen LogP contribution in [-0.2, 0) is 0 Å². The van der Waals surface area contributed by atoms with Crippen molar-refractivity contribution in [3.8, 4) is 0 Å². The van der Waals surface area contributed by atoms with Crippen LogP contribution in [0.1, 0.15) is 12.8 Å². The fourth-order valence-electron chi connectivity index (χ4n) is 1.92. The smallest absolute Gasteiger partial charge is 0.147 e. The van der Waals surface area contributed by atoms with E-state index in [-0.39, 0.29) is 0 Å². The predicted molar refractivity (Wildman–Crippen MR) is 65.7 cm³/mol. The number of likely N-dealkylation sites (tertiary alicyclic amines) is 1. The van der Waals surface area contributed by atoms with Crippen molar-refractivity contribution >= 4 is 11.6 Å². The molecule has 1 aliphatic heterocycles. The molecule has 0 saturated carbocycles. The van der Waals surface area contributed by atoms with Gasteiger partial charge in [-0.25, -0.2) is 4.98 Å². The molecule has 0 spiro atoms. The van der Waals surface area contributed by atoms with Crippen molar-refractivity contribution in [2.24, 2.45) is 0 Å². The molecule has 1 aromatic heterocycles. The number of piperidine rings is 1. The summed E-state index contributed by atoms with van der Waals surface area (Å²) in [7, 11) is 4.01. The molecule has 1 saturated heterocycles. The van der Waals surface area contributed by atoms with Crippen LogP contribution in [-0.4, -0.2) is 48.1 Å². The van der Waals surface area contributed by atoms with E-state index in [4.69, 9.17) is 0 Å². The molecule has 0 radical (unpaired) electrons. The van der Waals surface area contributed by atoms with Crippen molar-refractivity contribution in [3.05, 3.63) is 12.4 Å². The molecule has 0 unspecified atom stereocenters. The lowest BCUT2D eigenvalue weighted by molar-refractivity contribution is 0.263. The Morgan fingerprint density at radius 1 is 1.25 bits per heavy atom. The maximum Gasteiger partial charge on any atom is 0.147 e. The van der Waals surface area contributed by atoms with E-state index in [0.29, 0.717) is 6.04 Å². The van der Waals surface area contributed by atoms with E-state index in [1.54, 1.807) is 12.4 Å². The fraction of sp³-hybridized carbons (Fsp3) is 0.636. The van der Waals surface area contributed by atoms with Gasteiger partial charge in [-0.05, 0) is 33.0 Å². The molecule has 0 aromatic carbocycles. The van der Waals surface area contributed by atoms with Gasteiger partial charge in [0, 0.05) is 13.1 Å². The Labute approximate surface area is 96.3 Å². The van der Waals surface area contributed by atoms with E-state index < -0.39 is 0 Å². The Kier molecular flexibility index (Phi) is 3.56. The Bertz CT molecular complexity index is 333. The molecule has 2 rings (SSSR count). The first-order chi connectivity index (χ1) is 7.78. The van der Waals surface area contributed by atoms with E-state index in [1.165, 1.54) is 12.8 Å². The van der Waals surface area contributed by atoms with Crippen molar-refractivity contribution in [2.45, 2.75) is 18.9 Å². The SMILES string of the molecule is CNc1cncc(NC2CCN(C)CC2)n1. The van der Waals surface area contributed by atoms with Crippen LogP contribution >= 0.6 is 0 Å². The predicted octanol–water partition coefficient (Wildman–Crippen LogP) is 1.02. The Morgan fingerprint density at radius 3 is 2.62 bits per heavy atom. The minimum atomic E-state index is 0.526. The second-order valence-electron chi connectivity index (χ2n) is 4.26. The highest BCUT2D eigenvalue weighted by molar-refractivity contribution is 5.41. The average Bonchev–Trinajstić information content (AvgIpc) is 2.32. The Morgan fingerprint density at radius 2 is 1.94 bits per heavy atom. The number of hydrogen-bond acceptors (Lipinski definition) is 5. The highest BCUT2D eigenvalue weighted by atomic mass is 15.1. The van der Waals surface area contributed by atoms with Gasteiger partial charge in [-0.15, -0.1) is 0 Å². The van der Waals surface area contributed by atoms with Crippen LogP contribution in [0.3, 0.4) is 0 Å². The molecule has 1 aromatic rings. The zero-order valence-corrected chi connectivity index (χ0v) is 9.90. The largest absolute Gasteiger partial charge is 0.372 e. The van der Waals surface area contributed by atoms with Crippen LogP contribution in [0.25, 0.3) is 0 Å². The third-order valence-electron chi connectivity index (χ3n) is 2.96.